The molecule has 0 unspecified atom stereocenters. The summed E-state index contributed by atoms with van der Waals surface area (Å²) in [5.41, 5.74) is 6.24. The minimum Gasteiger partial charge on any atom is -0.368 e. The molecular formula is C16H21FN4O3. The van der Waals surface area contributed by atoms with Crippen LogP contribution in [-0.2, 0) is 14.4 Å². The number of nitrogens with two attached hydrogens (primary N) is 1. The minimum atomic E-state index is -0.844. The Hall–Kier alpha value is -2.48. The van der Waals surface area contributed by atoms with Gasteiger partial charge in [-0.25, -0.2) is 4.39 Å². The van der Waals surface area contributed by atoms with Crippen LogP contribution in [0.15, 0.2) is 24.3 Å². The largest absolute Gasteiger partial charge is 0.368 e. The molecule has 0 atom stereocenters. The smallest absolute Gasteiger partial charge is 0.318 e. The molecule has 7 nitrogen and oxygen atoms in total. The molecule has 24 heavy (non-hydrogen) atoms. The molecule has 3 amide bonds. The lowest BCUT2D eigenvalue weighted by molar-refractivity contribution is -0.156. The molecular weight excluding hydrogens is 315 g/mol. The number of hydrogen-bond donors (Lipinski definition) is 1. The summed E-state index contributed by atoms with van der Waals surface area (Å²) in [5.74, 6) is -2.34. The van der Waals surface area contributed by atoms with Gasteiger partial charge in [-0.1, -0.05) is 0 Å². The summed E-state index contributed by atoms with van der Waals surface area (Å²) in [6.07, 6.45) is 0. The lowest BCUT2D eigenvalue weighted by atomic mass is 10.2. The van der Waals surface area contributed by atoms with E-state index in [9.17, 15) is 18.8 Å². The Bertz CT molecular complexity index is 612. The van der Waals surface area contributed by atoms with Gasteiger partial charge in [0.05, 0.1) is 0 Å². The number of amides is 3. The van der Waals surface area contributed by atoms with Gasteiger partial charge < -0.3 is 15.5 Å². The monoisotopic (exact) mass is 336 g/mol. The van der Waals surface area contributed by atoms with E-state index in [4.69, 9.17) is 5.73 Å². The maximum absolute atomic E-state index is 13.0. The SMILES string of the molecule is CC(=O)N(CCN)C(=O)C(=O)N1CCN(c2ccc(F)cc2)CC1. The number of carbonyl (C=O) groups excluding carboxylic acids is 3. The number of carbonyl (C=O) groups is 3. The van der Waals surface area contributed by atoms with Crippen molar-refractivity contribution in [2.24, 2.45) is 5.73 Å². The second-order valence-corrected chi connectivity index (χ2v) is 5.52. The molecule has 1 heterocycles. The molecule has 1 aliphatic rings. The van der Waals surface area contributed by atoms with Crippen molar-refractivity contribution in [2.45, 2.75) is 6.92 Å². The maximum Gasteiger partial charge on any atom is 0.318 e. The number of benzene rings is 1. The Morgan fingerprint density at radius 3 is 2.21 bits per heavy atom. The van der Waals surface area contributed by atoms with Crippen molar-refractivity contribution in [3.8, 4) is 0 Å². The van der Waals surface area contributed by atoms with Crippen LogP contribution in [0.25, 0.3) is 0 Å². The van der Waals surface area contributed by atoms with Gasteiger partial charge in [0.25, 0.3) is 0 Å². The zero-order valence-electron chi connectivity index (χ0n) is 13.6. The van der Waals surface area contributed by atoms with Gasteiger partial charge in [-0.2, -0.15) is 0 Å². The quantitative estimate of drug-likeness (QED) is 0.773. The van der Waals surface area contributed by atoms with Crippen LogP contribution in [0.4, 0.5) is 10.1 Å². The second-order valence-electron chi connectivity index (χ2n) is 5.52. The summed E-state index contributed by atoms with van der Waals surface area (Å²) in [7, 11) is 0. The van der Waals surface area contributed by atoms with Crippen molar-refractivity contribution in [1.82, 2.24) is 9.80 Å². The van der Waals surface area contributed by atoms with E-state index in [-0.39, 0.29) is 18.9 Å². The molecule has 1 aliphatic heterocycles. The fourth-order valence-electron chi connectivity index (χ4n) is 2.60. The molecule has 1 fully saturated rings. The maximum atomic E-state index is 13.0. The standard InChI is InChI=1S/C16H21FN4O3/c1-12(22)21(7-6-18)16(24)15(23)20-10-8-19(9-11-20)14-4-2-13(17)3-5-14/h2-5H,6-11,18H2,1H3. The average molecular weight is 336 g/mol. The zero-order chi connectivity index (χ0) is 17.7. The predicted octanol–water partition coefficient (Wildman–Crippen LogP) is -0.192. The summed E-state index contributed by atoms with van der Waals surface area (Å²) < 4.78 is 13.0. The lowest BCUT2D eigenvalue weighted by Crippen LogP contribution is -2.54. The van der Waals surface area contributed by atoms with E-state index in [0.29, 0.717) is 26.2 Å². The van der Waals surface area contributed by atoms with Crippen molar-refractivity contribution in [3.63, 3.8) is 0 Å². The summed E-state index contributed by atoms with van der Waals surface area (Å²) in [4.78, 5) is 40.2. The summed E-state index contributed by atoms with van der Waals surface area (Å²) in [6, 6.07) is 6.12. The first-order chi connectivity index (χ1) is 11.4. The van der Waals surface area contributed by atoms with E-state index < -0.39 is 17.7 Å². The first-order valence-electron chi connectivity index (χ1n) is 7.76. The second kappa shape index (κ2) is 7.87. The van der Waals surface area contributed by atoms with Gasteiger partial charge in [0.2, 0.25) is 5.91 Å². The molecule has 1 aromatic carbocycles. The van der Waals surface area contributed by atoms with Crippen molar-refractivity contribution in [2.75, 3.05) is 44.2 Å². The van der Waals surface area contributed by atoms with E-state index in [0.717, 1.165) is 10.6 Å². The average Bonchev–Trinajstić information content (AvgIpc) is 2.59. The fourth-order valence-corrected chi connectivity index (χ4v) is 2.60. The zero-order valence-corrected chi connectivity index (χ0v) is 13.6. The van der Waals surface area contributed by atoms with Crippen LogP contribution in [0.1, 0.15) is 6.92 Å². The molecule has 0 bridgehead atoms. The Kier molecular flexibility index (Phi) is 5.86. The Morgan fingerprint density at radius 2 is 1.71 bits per heavy atom. The van der Waals surface area contributed by atoms with Gasteiger partial charge >= 0.3 is 11.8 Å². The molecule has 0 spiro atoms. The summed E-state index contributed by atoms with van der Waals surface area (Å²) >= 11 is 0. The van der Waals surface area contributed by atoms with Crippen LogP contribution >= 0.6 is 0 Å². The third kappa shape index (κ3) is 4.08. The van der Waals surface area contributed by atoms with Crippen molar-refractivity contribution >= 4 is 23.4 Å². The normalized spacial score (nSPS) is 14.5. The number of anilines is 1. The van der Waals surface area contributed by atoms with Crippen molar-refractivity contribution in [1.29, 1.82) is 0 Å². The number of hydrogen-bond acceptors (Lipinski definition) is 5. The Labute approximate surface area is 139 Å². The van der Waals surface area contributed by atoms with Gasteiger partial charge in [-0.3, -0.25) is 19.3 Å². The molecule has 8 heteroatoms. The number of rotatable bonds is 3. The number of piperazine rings is 1. The van der Waals surface area contributed by atoms with Crippen LogP contribution in [0, 0.1) is 5.82 Å². The first kappa shape index (κ1) is 17.9. The lowest BCUT2D eigenvalue weighted by Gasteiger charge is -2.36. The number of imide groups is 1. The molecule has 1 saturated heterocycles. The topological polar surface area (TPSA) is 86.9 Å². The van der Waals surface area contributed by atoms with Crippen LogP contribution in [-0.4, -0.2) is 66.8 Å². The highest BCUT2D eigenvalue weighted by atomic mass is 19.1. The fraction of sp³-hybridized carbons (Fsp3) is 0.438. The van der Waals surface area contributed by atoms with Gasteiger partial charge in [0.1, 0.15) is 5.82 Å². The Morgan fingerprint density at radius 1 is 1.12 bits per heavy atom. The summed E-state index contributed by atoms with van der Waals surface area (Å²) in [6.45, 7) is 3.13. The number of nitrogens with zero attached hydrogens (tertiary/aromatic N) is 3. The van der Waals surface area contributed by atoms with Crippen molar-refractivity contribution < 1.29 is 18.8 Å². The molecule has 130 valence electrons. The highest BCUT2D eigenvalue weighted by molar-refractivity contribution is 6.37. The third-order valence-corrected chi connectivity index (χ3v) is 3.92. The summed E-state index contributed by atoms with van der Waals surface area (Å²) in [5, 5.41) is 0. The van der Waals surface area contributed by atoms with Crippen LogP contribution in [0.5, 0.6) is 0 Å². The minimum absolute atomic E-state index is 0.0233. The highest BCUT2D eigenvalue weighted by Gasteiger charge is 2.31. The third-order valence-electron chi connectivity index (χ3n) is 3.92. The Balaban J connectivity index is 1.95. The highest BCUT2D eigenvalue weighted by Crippen LogP contribution is 2.17. The first-order valence-corrected chi connectivity index (χ1v) is 7.76. The van der Waals surface area contributed by atoms with Gasteiger partial charge in [-0.05, 0) is 24.3 Å². The molecule has 0 aliphatic carbocycles. The van der Waals surface area contributed by atoms with E-state index in [1.165, 1.54) is 24.0 Å². The molecule has 0 saturated carbocycles. The predicted molar refractivity (Wildman–Crippen MR) is 86.6 cm³/mol. The van der Waals surface area contributed by atoms with Crippen LogP contribution in [0.2, 0.25) is 0 Å². The van der Waals surface area contributed by atoms with E-state index in [1.54, 1.807) is 12.1 Å². The van der Waals surface area contributed by atoms with Crippen molar-refractivity contribution in [3.05, 3.63) is 30.1 Å². The molecule has 0 radical (unpaired) electrons. The van der Waals surface area contributed by atoms with E-state index in [1.807, 2.05) is 4.90 Å². The van der Waals surface area contributed by atoms with Crippen LogP contribution in [0.3, 0.4) is 0 Å². The number of halogens is 1. The van der Waals surface area contributed by atoms with Gasteiger partial charge in [0.15, 0.2) is 0 Å². The molecule has 2 N–H and O–H groups in total. The van der Waals surface area contributed by atoms with Gasteiger partial charge in [-0.15, -0.1) is 0 Å². The van der Waals surface area contributed by atoms with E-state index >= 15 is 0 Å². The molecule has 0 aromatic heterocycles. The van der Waals surface area contributed by atoms with Crippen LogP contribution < -0.4 is 10.6 Å². The molecule has 1 aromatic rings. The molecule has 2 rings (SSSR count). The van der Waals surface area contributed by atoms with Gasteiger partial charge in [0, 0.05) is 51.9 Å². The van der Waals surface area contributed by atoms with E-state index in [2.05, 4.69) is 0 Å².